The second-order valence-corrected chi connectivity index (χ2v) is 9.95. The Balaban J connectivity index is 1.26. The monoisotopic (exact) mass is 588 g/mol. The van der Waals surface area contributed by atoms with Crippen LogP contribution in [0.5, 0.6) is 0 Å². The fraction of sp³-hybridized carbons (Fsp3) is 0.118. The van der Waals surface area contributed by atoms with Gasteiger partial charge in [0, 0.05) is 0 Å². The van der Waals surface area contributed by atoms with Crippen molar-refractivity contribution in [3.05, 3.63) is 118 Å². The Kier molecular flexibility index (Phi) is 7.10. The predicted octanol–water partition coefficient (Wildman–Crippen LogP) is 5.31. The third-order valence-electron chi connectivity index (χ3n) is 7.38. The lowest BCUT2D eigenvalue weighted by molar-refractivity contribution is 0.0517. The van der Waals surface area contributed by atoms with Gasteiger partial charge in [0.05, 0.1) is 58.0 Å². The van der Waals surface area contributed by atoms with Crippen molar-refractivity contribution in [2.24, 2.45) is 0 Å². The molecule has 0 bridgehead atoms. The summed E-state index contributed by atoms with van der Waals surface area (Å²) in [6, 6.07) is 21.6. The number of rotatable bonds is 7. The summed E-state index contributed by atoms with van der Waals surface area (Å²) in [5.74, 6) is -3.06. The molecule has 0 saturated carbocycles. The molecule has 6 rings (SSSR count). The van der Waals surface area contributed by atoms with Crippen LogP contribution < -0.4 is 9.80 Å². The SMILES string of the molecule is CCOC(=O)c1ccc(N2C(=O)c3ccc(-c4ccc5c(c4)C(=O)N(c4ccc(C(=O)OCC)cc4)C5=O)cc3C2=O)cc1. The van der Waals surface area contributed by atoms with Crippen LogP contribution >= 0.6 is 0 Å². The average Bonchev–Trinajstić information content (AvgIpc) is 3.44. The fourth-order valence-corrected chi connectivity index (χ4v) is 5.23. The molecule has 0 N–H and O–H groups in total. The highest BCUT2D eigenvalue weighted by atomic mass is 16.5. The lowest BCUT2D eigenvalue weighted by Gasteiger charge is -2.14. The van der Waals surface area contributed by atoms with Gasteiger partial charge in [0.2, 0.25) is 0 Å². The second-order valence-electron chi connectivity index (χ2n) is 9.95. The molecule has 2 heterocycles. The van der Waals surface area contributed by atoms with Crippen LogP contribution in [0.2, 0.25) is 0 Å². The molecular weight excluding hydrogens is 564 g/mol. The molecule has 4 amide bonds. The van der Waals surface area contributed by atoms with Gasteiger partial charge < -0.3 is 9.47 Å². The molecular formula is C34H24N2O8. The van der Waals surface area contributed by atoms with Crippen molar-refractivity contribution in [3.8, 4) is 11.1 Å². The molecule has 2 aliphatic rings. The van der Waals surface area contributed by atoms with E-state index in [0.717, 1.165) is 9.80 Å². The molecule has 44 heavy (non-hydrogen) atoms. The Labute approximate surface area is 251 Å². The first-order valence-electron chi connectivity index (χ1n) is 13.8. The number of hydrogen-bond donors (Lipinski definition) is 0. The molecule has 218 valence electrons. The molecule has 0 spiro atoms. The van der Waals surface area contributed by atoms with Crippen molar-refractivity contribution in [3.63, 3.8) is 0 Å². The molecule has 0 atom stereocenters. The highest BCUT2D eigenvalue weighted by Gasteiger charge is 2.39. The van der Waals surface area contributed by atoms with E-state index >= 15 is 0 Å². The lowest BCUT2D eigenvalue weighted by Crippen LogP contribution is -2.29. The zero-order chi connectivity index (χ0) is 31.1. The standard InChI is InChI=1S/C34H24N2O8/c1-3-43-33(41)19-5-11-23(12-6-19)35-29(37)25-15-9-21(17-27(25)31(35)39)22-10-16-26-28(18-22)32(40)36(30(26)38)24-13-7-20(8-14-24)34(42)44-4-2/h5-18H,3-4H2,1-2H3. The summed E-state index contributed by atoms with van der Waals surface area (Å²) in [6.07, 6.45) is 0. The number of amides is 4. The van der Waals surface area contributed by atoms with Crippen LogP contribution in [0.1, 0.15) is 76.0 Å². The van der Waals surface area contributed by atoms with Crippen LogP contribution in [0, 0.1) is 0 Å². The number of imide groups is 2. The molecule has 0 aliphatic carbocycles. The van der Waals surface area contributed by atoms with Gasteiger partial charge in [-0.25, -0.2) is 19.4 Å². The van der Waals surface area contributed by atoms with E-state index in [0.29, 0.717) is 33.6 Å². The third kappa shape index (κ3) is 4.62. The maximum atomic E-state index is 13.4. The smallest absolute Gasteiger partial charge is 0.338 e. The van der Waals surface area contributed by atoms with Crippen molar-refractivity contribution >= 4 is 46.9 Å². The Morgan fingerprint density at radius 3 is 1.18 bits per heavy atom. The Morgan fingerprint density at radius 1 is 0.500 bits per heavy atom. The molecule has 0 fully saturated rings. The number of benzene rings is 4. The van der Waals surface area contributed by atoms with Crippen LogP contribution in [0.3, 0.4) is 0 Å². The van der Waals surface area contributed by atoms with E-state index in [-0.39, 0.29) is 35.5 Å². The molecule has 10 heteroatoms. The van der Waals surface area contributed by atoms with Gasteiger partial charge >= 0.3 is 11.9 Å². The van der Waals surface area contributed by atoms with Gasteiger partial charge in [0.15, 0.2) is 0 Å². The summed E-state index contributed by atoms with van der Waals surface area (Å²) in [4.78, 5) is 79.1. The Morgan fingerprint density at radius 2 is 0.841 bits per heavy atom. The van der Waals surface area contributed by atoms with E-state index in [1.54, 1.807) is 50.2 Å². The number of carbonyl (C=O) groups is 6. The van der Waals surface area contributed by atoms with E-state index in [4.69, 9.17) is 9.47 Å². The minimum atomic E-state index is -0.527. The number of carbonyl (C=O) groups excluding carboxylic acids is 6. The molecule has 10 nitrogen and oxygen atoms in total. The van der Waals surface area contributed by atoms with Crippen LogP contribution in [0.4, 0.5) is 11.4 Å². The zero-order valence-corrected chi connectivity index (χ0v) is 23.7. The maximum absolute atomic E-state index is 13.4. The van der Waals surface area contributed by atoms with E-state index in [9.17, 15) is 28.8 Å². The normalized spacial score (nSPS) is 13.7. The molecule has 4 aromatic rings. The van der Waals surface area contributed by atoms with Crippen molar-refractivity contribution < 1.29 is 38.2 Å². The summed E-state index contributed by atoms with van der Waals surface area (Å²) in [6.45, 7) is 3.84. The largest absolute Gasteiger partial charge is 0.462 e. The first-order valence-corrected chi connectivity index (χ1v) is 13.8. The zero-order valence-electron chi connectivity index (χ0n) is 23.7. The average molecular weight is 589 g/mol. The number of ether oxygens (including phenoxy) is 2. The quantitative estimate of drug-likeness (QED) is 0.210. The first-order chi connectivity index (χ1) is 21.2. The fourth-order valence-electron chi connectivity index (χ4n) is 5.23. The Bertz CT molecular complexity index is 1750. The lowest BCUT2D eigenvalue weighted by atomic mass is 9.97. The number of anilines is 2. The maximum Gasteiger partial charge on any atom is 0.338 e. The van der Waals surface area contributed by atoms with E-state index < -0.39 is 35.6 Å². The van der Waals surface area contributed by atoms with Gasteiger partial charge in [0.25, 0.3) is 23.6 Å². The van der Waals surface area contributed by atoms with Crippen LogP contribution in [0.25, 0.3) is 11.1 Å². The number of nitrogens with zero attached hydrogens (tertiary/aromatic N) is 2. The number of esters is 2. The molecule has 0 radical (unpaired) electrons. The van der Waals surface area contributed by atoms with E-state index in [2.05, 4.69) is 0 Å². The van der Waals surface area contributed by atoms with Crippen molar-refractivity contribution in [1.82, 2.24) is 0 Å². The Hall–Kier alpha value is -5.90. The first kappa shape index (κ1) is 28.2. The van der Waals surface area contributed by atoms with Gasteiger partial charge in [-0.3, -0.25) is 19.2 Å². The molecule has 4 aromatic carbocycles. The highest BCUT2D eigenvalue weighted by Crippen LogP contribution is 2.35. The number of fused-ring (bicyclic) bond motifs is 2. The van der Waals surface area contributed by atoms with Gasteiger partial charge in [-0.05, 0) is 97.8 Å². The molecule has 0 unspecified atom stereocenters. The summed E-state index contributed by atoms with van der Waals surface area (Å²) >= 11 is 0. The summed E-state index contributed by atoms with van der Waals surface area (Å²) in [5, 5.41) is 0. The minimum Gasteiger partial charge on any atom is -0.462 e. The van der Waals surface area contributed by atoms with Gasteiger partial charge in [-0.2, -0.15) is 0 Å². The molecule has 2 aliphatic heterocycles. The van der Waals surface area contributed by atoms with E-state index in [1.165, 1.54) is 48.5 Å². The third-order valence-corrected chi connectivity index (χ3v) is 7.38. The van der Waals surface area contributed by atoms with Crippen molar-refractivity contribution in [2.45, 2.75) is 13.8 Å². The van der Waals surface area contributed by atoms with Crippen LogP contribution in [-0.4, -0.2) is 48.8 Å². The number of hydrogen-bond acceptors (Lipinski definition) is 8. The second kappa shape index (κ2) is 11.1. The predicted molar refractivity (Wildman–Crippen MR) is 159 cm³/mol. The van der Waals surface area contributed by atoms with Crippen LogP contribution in [-0.2, 0) is 9.47 Å². The molecule has 0 saturated heterocycles. The van der Waals surface area contributed by atoms with E-state index in [1.807, 2.05) is 0 Å². The van der Waals surface area contributed by atoms with Gasteiger partial charge in [-0.15, -0.1) is 0 Å². The highest BCUT2D eigenvalue weighted by molar-refractivity contribution is 6.35. The van der Waals surface area contributed by atoms with Crippen molar-refractivity contribution in [2.75, 3.05) is 23.0 Å². The summed E-state index contributed by atoms with van der Waals surface area (Å²) in [7, 11) is 0. The summed E-state index contributed by atoms with van der Waals surface area (Å²) < 4.78 is 9.97. The topological polar surface area (TPSA) is 127 Å². The van der Waals surface area contributed by atoms with Crippen molar-refractivity contribution in [1.29, 1.82) is 0 Å². The summed E-state index contributed by atoms with van der Waals surface area (Å²) in [5.41, 5.74) is 3.18. The van der Waals surface area contributed by atoms with Gasteiger partial charge in [0.1, 0.15) is 0 Å². The molecule has 0 aromatic heterocycles. The minimum absolute atomic E-state index is 0.188. The van der Waals surface area contributed by atoms with Gasteiger partial charge in [-0.1, -0.05) is 12.1 Å². The van der Waals surface area contributed by atoms with Crippen LogP contribution in [0.15, 0.2) is 84.9 Å².